The van der Waals surface area contributed by atoms with Crippen molar-refractivity contribution < 1.29 is 29.4 Å². The van der Waals surface area contributed by atoms with Crippen LogP contribution < -0.4 is 21.3 Å². The lowest BCUT2D eigenvalue weighted by Crippen LogP contribution is -2.58. The van der Waals surface area contributed by atoms with Crippen molar-refractivity contribution in [1.29, 1.82) is 0 Å². The molecule has 4 unspecified atom stereocenters. The smallest absolute Gasteiger partial charge is 0.326 e. The highest BCUT2D eigenvalue weighted by molar-refractivity contribution is 7.98. The van der Waals surface area contributed by atoms with Crippen LogP contribution in [0.1, 0.15) is 30.4 Å². The summed E-state index contributed by atoms with van der Waals surface area (Å²) in [5, 5.41) is 31.6. The average molecular weight is 596 g/mol. The van der Waals surface area contributed by atoms with Crippen LogP contribution in [0.15, 0.2) is 54.7 Å². The molecule has 0 saturated carbocycles. The number of phenolic OH excluding ortho intramolecular Hbond substituents is 1. The number of hydrogen-bond donors (Lipinski definition) is 7. The zero-order chi connectivity index (χ0) is 30.1. The van der Waals surface area contributed by atoms with Crippen molar-refractivity contribution in [3.05, 3.63) is 65.9 Å². The number of carboxylic acids is 1. The van der Waals surface area contributed by atoms with E-state index in [1.165, 1.54) is 23.9 Å². The molecule has 4 rings (SSSR count). The van der Waals surface area contributed by atoms with Crippen LogP contribution in [0.5, 0.6) is 5.75 Å². The number of fused-ring (bicyclic) bond motifs is 1. The minimum atomic E-state index is -1.17. The maximum absolute atomic E-state index is 13.8. The van der Waals surface area contributed by atoms with Crippen LogP contribution in [0.3, 0.4) is 0 Å². The van der Waals surface area contributed by atoms with Crippen molar-refractivity contribution >= 4 is 46.4 Å². The van der Waals surface area contributed by atoms with Gasteiger partial charge in [0.05, 0.1) is 6.04 Å². The van der Waals surface area contributed by atoms with E-state index in [0.29, 0.717) is 24.3 Å². The average Bonchev–Trinajstić information content (AvgIpc) is 3.66. The minimum Gasteiger partial charge on any atom is -0.508 e. The number of hydrogen-bond acceptors (Lipinski definition) is 7. The number of benzene rings is 2. The first kappa shape index (κ1) is 30.9. The van der Waals surface area contributed by atoms with Crippen molar-refractivity contribution in [2.24, 2.45) is 0 Å². The van der Waals surface area contributed by atoms with Crippen LogP contribution in [0.4, 0.5) is 0 Å². The van der Waals surface area contributed by atoms with Gasteiger partial charge in [0.25, 0.3) is 0 Å². The number of carbonyl (C=O) groups is 4. The molecule has 1 fully saturated rings. The molecule has 7 N–H and O–H groups in total. The Bertz CT molecular complexity index is 1390. The van der Waals surface area contributed by atoms with E-state index in [9.17, 15) is 29.4 Å². The van der Waals surface area contributed by atoms with Gasteiger partial charge in [-0.2, -0.15) is 11.8 Å². The molecule has 1 saturated heterocycles. The third-order valence-electron chi connectivity index (χ3n) is 7.34. The van der Waals surface area contributed by atoms with Gasteiger partial charge in [0.1, 0.15) is 23.9 Å². The van der Waals surface area contributed by atoms with E-state index in [1.807, 2.05) is 30.5 Å². The number of aliphatic carboxylic acids is 1. The van der Waals surface area contributed by atoms with Gasteiger partial charge in [0.2, 0.25) is 17.7 Å². The van der Waals surface area contributed by atoms with Crippen molar-refractivity contribution in [2.45, 2.75) is 56.3 Å². The molecule has 224 valence electrons. The molecule has 11 nitrogen and oxygen atoms in total. The minimum absolute atomic E-state index is 0.0463. The predicted octanol–water partition coefficient (Wildman–Crippen LogP) is 1.70. The fourth-order valence-corrected chi connectivity index (χ4v) is 5.50. The summed E-state index contributed by atoms with van der Waals surface area (Å²) in [6.45, 7) is 0.716. The van der Waals surface area contributed by atoms with E-state index in [-0.39, 0.29) is 30.9 Å². The zero-order valence-electron chi connectivity index (χ0n) is 23.4. The fraction of sp³-hybridized carbons (Fsp3) is 0.400. The standard InChI is InChI=1S/C30H37N5O6S/c1-42-14-12-24(30(40)41)33-28(38)25(15-18-8-10-20(36)11-9-18)34-29(39)26(35-27(37)23-7-4-13-31-23)16-19-17-32-22-6-3-2-5-21(19)22/h2-3,5-6,8-11,17,23-26,31-32,36H,4,7,12-16H2,1H3,(H,33,38)(H,34,39)(H,35,37)(H,40,41). The van der Waals surface area contributed by atoms with Gasteiger partial charge < -0.3 is 36.5 Å². The second kappa shape index (κ2) is 14.7. The van der Waals surface area contributed by atoms with E-state index in [1.54, 1.807) is 18.3 Å². The molecule has 3 amide bonds. The molecule has 1 aromatic heterocycles. The van der Waals surface area contributed by atoms with Crippen LogP contribution in [0.2, 0.25) is 0 Å². The van der Waals surface area contributed by atoms with Gasteiger partial charge in [-0.15, -0.1) is 0 Å². The van der Waals surface area contributed by atoms with E-state index in [2.05, 4.69) is 26.3 Å². The summed E-state index contributed by atoms with van der Waals surface area (Å²) < 4.78 is 0. The van der Waals surface area contributed by atoms with Crippen LogP contribution in [0.25, 0.3) is 10.9 Å². The van der Waals surface area contributed by atoms with Gasteiger partial charge in [-0.3, -0.25) is 14.4 Å². The number of aromatic hydroxyl groups is 1. The third kappa shape index (κ3) is 8.26. The number of carbonyl (C=O) groups excluding carboxylic acids is 3. The number of para-hydroxylation sites is 1. The van der Waals surface area contributed by atoms with E-state index in [0.717, 1.165) is 22.9 Å². The molecule has 12 heteroatoms. The summed E-state index contributed by atoms with van der Waals surface area (Å²) in [7, 11) is 0. The molecule has 2 aromatic carbocycles. The first-order valence-electron chi connectivity index (χ1n) is 13.9. The lowest BCUT2D eigenvalue weighted by Gasteiger charge is -2.25. The maximum atomic E-state index is 13.8. The van der Waals surface area contributed by atoms with Crippen molar-refractivity contribution in [3.8, 4) is 5.75 Å². The van der Waals surface area contributed by atoms with Crippen LogP contribution in [0, 0.1) is 0 Å². The number of aromatic amines is 1. The summed E-state index contributed by atoms with van der Waals surface area (Å²) in [5.41, 5.74) is 2.37. The molecule has 1 aliphatic heterocycles. The second-order valence-electron chi connectivity index (χ2n) is 10.4. The normalized spacial score (nSPS) is 16.8. The molecule has 0 bridgehead atoms. The molecular formula is C30H37N5O6S. The number of H-pyrrole nitrogens is 1. The molecule has 0 aliphatic carbocycles. The largest absolute Gasteiger partial charge is 0.508 e. The Morgan fingerprint density at radius 1 is 0.952 bits per heavy atom. The first-order valence-corrected chi connectivity index (χ1v) is 15.3. The van der Waals surface area contributed by atoms with E-state index >= 15 is 0 Å². The van der Waals surface area contributed by atoms with E-state index in [4.69, 9.17) is 0 Å². The molecule has 2 heterocycles. The van der Waals surface area contributed by atoms with Crippen molar-refractivity contribution in [3.63, 3.8) is 0 Å². The van der Waals surface area contributed by atoms with Crippen LogP contribution in [-0.4, -0.2) is 81.6 Å². The second-order valence-corrected chi connectivity index (χ2v) is 11.4. The number of rotatable bonds is 14. The maximum Gasteiger partial charge on any atom is 0.326 e. The van der Waals surface area contributed by atoms with Gasteiger partial charge in [-0.25, -0.2) is 4.79 Å². The Morgan fingerprint density at radius 3 is 2.31 bits per heavy atom. The monoisotopic (exact) mass is 595 g/mol. The number of carboxylic acid groups (broad SMARTS) is 1. The highest BCUT2D eigenvalue weighted by Gasteiger charge is 2.32. The summed E-state index contributed by atoms with van der Waals surface area (Å²) in [6.07, 6.45) is 5.60. The molecular weight excluding hydrogens is 558 g/mol. The summed E-state index contributed by atoms with van der Waals surface area (Å²) >= 11 is 1.46. The number of phenols is 1. The first-order chi connectivity index (χ1) is 20.2. The van der Waals surface area contributed by atoms with Crippen LogP contribution >= 0.6 is 11.8 Å². The highest BCUT2D eigenvalue weighted by atomic mass is 32.2. The third-order valence-corrected chi connectivity index (χ3v) is 7.99. The Morgan fingerprint density at radius 2 is 1.64 bits per heavy atom. The van der Waals surface area contributed by atoms with Gasteiger partial charge in [0.15, 0.2) is 0 Å². The Hall–Kier alpha value is -4.03. The van der Waals surface area contributed by atoms with Gasteiger partial charge >= 0.3 is 5.97 Å². The van der Waals surface area contributed by atoms with E-state index < -0.39 is 42.0 Å². The lowest BCUT2D eigenvalue weighted by atomic mass is 10.0. The Kier molecular flexibility index (Phi) is 10.8. The van der Waals surface area contributed by atoms with Crippen LogP contribution in [-0.2, 0) is 32.0 Å². The van der Waals surface area contributed by atoms with Gasteiger partial charge in [-0.05, 0) is 67.1 Å². The molecule has 4 atom stereocenters. The predicted molar refractivity (Wildman–Crippen MR) is 161 cm³/mol. The number of nitrogens with one attached hydrogen (secondary N) is 5. The lowest BCUT2D eigenvalue weighted by molar-refractivity contribution is -0.142. The number of amides is 3. The number of thioether (sulfide) groups is 1. The van der Waals surface area contributed by atoms with Gasteiger partial charge in [-0.1, -0.05) is 30.3 Å². The molecule has 3 aromatic rings. The highest BCUT2D eigenvalue weighted by Crippen LogP contribution is 2.20. The van der Waals surface area contributed by atoms with Crippen molar-refractivity contribution in [1.82, 2.24) is 26.3 Å². The van der Waals surface area contributed by atoms with Crippen molar-refractivity contribution in [2.75, 3.05) is 18.6 Å². The molecule has 42 heavy (non-hydrogen) atoms. The summed E-state index contributed by atoms with van der Waals surface area (Å²) in [4.78, 5) is 55.3. The summed E-state index contributed by atoms with van der Waals surface area (Å²) in [6, 6.07) is 10.2. The zero-order valence-corrected chi connectivity index (χ0v) is 24.2. The Balaban J connectivity index is 1.58. The summed E-state index contributed by atoms with van der Waals surface area (Å²) in [5.74, 6) is -2.11. The molecule has 0 radical (unpaired) electrons. The fourth-order valence-electron chi connectivity index (χ4n) is 5.03. The molecule has 1 aliphatic rings. The number of aromatic nitrogens is 1. The molecule has 0 spiro atoms. The quantitative estimate of drug-likeness (QED) is 0.148. The topological polar surface area (TPSA) is 173 Å². The SMILES string of the molecule is CSCCC(NC(=O)C(Cc1ccc(O)cc1)NC(=O)C(Cc1c[nH]c2ccccc12)NC(=O)C1CCCN1)C(=O)O. The van der Waals surface area contributed by atoms with Gasteiger partial charge in [0, 0.05) is 29.9 Å². The Labute approximate surface area is 248 Å².